The summed E-state index contributed by atoms with van der Waals surface area (Å²) in [6.45, 7) is 0. The molecule has 7 nitrogen and oxygen atoms in total. The summed E-state index contributed by atoms with van der Waals surface area (Å²) in [6.07, 6.45) is 1.44. The number of halogens is 1. The van der Waals surface area contributed by atoms with E-state index in [2.05, 4.69) is 10.2 Å². The van der Waals surface area contributed by atoms with Gasteiger partial charge in [0.2, 0.25) is 5.13 Å². The molecule has 1 fully saturated rings. The lowest BCUT2D eigenvalue weighted by atomic mass is 9.93. The summed E-state index contributed by atoms with van der Waals surface area (Å²) < 4.78 is 0. The minimum absolute atomic E-state index is 0.0275. The number of hydrogen-bond acceptors (Lipinski definition) is 7. The summed E-state index contributed by atoms with van der Waals surface area (Å²) in [5.41, 5.74) is 1.67. The zero-order chi connectivity index (χ0) is 17.7. The van der Waals surface area contributed by atoms with Gasteiger partial charge in [-0.05, 0) is 31.0 Å². The molecule has 0 radical (unpaired) electrons. The monoisotopic (exact) mass is 377 g/mol. The van der Waals surface area contributed by atoms with Crippen molar-refractivity contribution in [3.8, 4) is 5.75 Å². The predicted octanol–water partition coefficient (Wildman–Crippen LogP) is 2.78. The molecule has 9 heteroatoms. The summed E-state index contributed by atoms with van der Waals surface area (Å²) >= 11 is 7.13. The van der Waals surface area contributed by atoms with Crippen molar-refractivity contribution >= 4 is 39.8 Å². The number of phenols is 1. The van der Waals surface area contributed by atoms with Crippen LogP contribution in [-0.2, 0) is 9.59 Å². The van der Waals surface area contributed by atoms with E-state index >= 15 is 0 Å². The minimum Gasteiger partial charge on any atom is -0.508 e. The zero-order valence-corrected chi connectivity index (χ0v) is 14.3. The van der Waals surface area contributed by atoms with E-state index in [9.17, 15) is 19.8 Å². The fourth-order valence-electron chi connectivity index (χ4n) is 2.93. The number of aromatic hydroxyl groups is 1. The number of aliphatic hydroxyl groups is 1. The van der Waals surface area contributed by atoms with Crippen LogP contribution < -0.4 is 4.90 Å². The summed E-state index contributed by atoms with van der Waals surface area (Å²) in [6, 6.07) is 3.36. The maximum Gasteiger partial charge on any atom is 0.296 e. The molecule has 1 atom stereocenters. The molecule has 1 amide bonds. The number of hydrogen-bond donors (Lipinski definition) is 2. The highest BCUT2D eigenvalue weighted by Crippen LogP contribution is 2.47. The van der Waals surface area contributed by atoms with Gasteiger partial charge in [-0.1, -0.05) is 22.9 Å². The number of phenolic OH excluding ortho intramolecular Hbond substituents is 1. The Kier molecular flexibility index (Phi) is 3.73. The summed E-state index contributed by atoms with van der Waals surface area (Å²) in [5, 5.41) is 28.8. The average molecular weight is 378 g/mol. The van der Waals surface area contributed by atoms with Gasteiger partial charge in [-0.15, -0.1) is 10.2 Å². The second-order valence-corrected chi connectivity index (χ2v) is 7.15. The molecule has 25 heavy (non-hydrogen) atoms. The number of carbonyl (C=O) groups is 2. The van der Waals surface area contributed by atoms with E-state index in [1.807, 2.05) is 0 Å². The Hall–Kier alpha value is -2.45. The van der Waals surface area contributed by atoms with Gasteiger partial charge in [-0.2, -0.15) is 0 Å². The van der Waals surface area contributed by atoms with Gasteiger partial charge in [0.05, 0.1) is 5.57 Å². The molecule has 0 spiro atoms. The lowest BCUT2D eigenvalue weighted by molar-refractivity contribution is -0.118. The van der Waals surface area contributed by atoms with Gasteiger partial charge in [-0.3, -0.25) is 14.5 Å². The number of benzene rings is 1. The van der Waals surface area contributed by atoms with Gasteiger partial charge in [-0.25, -0.2) is 0 Å². The molecule has 1 aliphatic heterocycles. The van der Waals surface area contributed by atoms with Crippen molar-refractivity contribution in [2.24, 2.45) is 5.92 Å². The van der Waals surface area contributed by atoms with Crippen LogP contribution in [0.15, 0.2) is 35.0 Å². The third kappa shape index (κ3) is 2.58. The highest BCUT2D eigenvalue weighted by Gasteiger charge is 2.49. The molecular formula is C16H12ClN3O4S. The molecule has 1 saturated carbocycles. The number of rotatable bonds is 4. The van der Waals surface area contributed by atoms with Gasteiger partial charge in [0.15, 0.2) is 11.5 Å². The lowest BCUT2D eigenvalue weighted by Crippen LogP contribution is -2.31. The van der Waals surface area contributed by atoms with Gasteiger partial charge < -0.3 is 10.2 Å². The second-order valence-electron chi connectivity index (χ2n) is 5.90. The van der Waals surface area contributed by atoms with Gasteiger partial charge in [0.25, 0.3) is 5.91 Å². The normalized spacial score (nSPS) is 20.4. The van der Waals surface area contributed by atoms with Crippen LogP contribution in [0, 0.1) is 5.92 Å². The quantitative estimate of drug-likeness (QED) is 0.849. The average Bonchev–Trinajstić information content (AvgIpc) is 3.25. The molecule has 2 aromatic rings. The van der Waals surface area contributed by atoms with Crippen molar-refractivity contribution in [2.75, 3.05) is 4.90 Å². The molecule has 128 valence electrons. The van der Waals surface area contributed by atoms with Crippen LogP contribution >= 0.6 is 22.9 Å². The number of anilines is 1. The van der Waals surface area contributed by atoms with Crippen LogP contribution in [0.4, 0.5) is 5.13 Å². The maximum atomic E-state index is 12.7. The molecule has 1 aromatic carbocycles. The van der Waals surface area contributed by atoms with Crippen LogP contribution in [0.5, 0.6) is 5.75 Å². The maximum absolute atomic E-state index is 12.7. The number of carbonyl (C=O) groups excluding carboxylic acids is 2. The summed E-state index contributed by atoms with van der Waals surface area (Å²) in [7, 11) is 0. The van der Waals surface area contributed by atoms with Crippen LogP contribution in [0.3, 0.4) is 0 Å². The molecule has 1 aromatic heterocycles. The first kappa shape index (κ1) is 16.0. The van der Waals surface area contributed by atoms with Gasteiger partial charge in [0.1, 0.15) is 17.3 Å². The van der Waals surface area contributed by atoms with E-state index in [0.717, 1.165) is 24.2 Å². The zero-order valence-electron chi connectivity index (χ0n) is 12.7. The summed E-state index contributed by atoms with van der Waals surface area (Å²) in [5.74, 6) is -1.99. The minimum atomic E-state index is -0.993. The number of nitrogens with zero attached hydrogens (tertiary/aromatic N) is 3. The Balaban J connectivity index is 1.91. The third-order valence-electron chi connectivity index (χ3n) is 4.26. The van der Waals surface area contributed by atoms with Crippen LogP contribution in [-0.4, -0.2) is 32.1 Å². The van der Waals surface area contributed by atoms with Crippen molar-refractivity contribution in [1.29, 1.82) is 0 Å². The van der Waals surface area contributed by atoms with E-state index in [0.29, 0.717) is 5.02 Å². The van der Waals surface area contributed by atoms with Gasteiger partial charge >= 0.3 is 0 Å². The van der Waals surface area contributed by atoms with Crippen molar-refractivity contribution in [1.82, 2.24) is 10.2 Å². The van der Waals surface area contributed by atoms with E-state index < -0.39 is 17.7 Å². The fraction of sp³-hybridized carbons (Fsp3) is 0.250. The first-order valence-corrected chi connectivity index (χ1v) is 8.80. The molecule has 2 heterocycles. The molecule has 1 aliphatic carbocycles. The van der Waals surface area contributed by atoms with Crippen LogP contribution in [0.2, 0.25) is 5.02 Å². The number of ketones is 1. The topological polar surface area (TPSA) is 104 Å². The predicted molar refractivity (Wildman–Crippen MR) is 90.6 cm³/mol. The molecule has 4 rings (SSSR count). The van der Waals surface area contributed by atoms with E-state index in [1.165, 1.54) is 28.6 Å². The highest BCUT2D eigenvalue weighted by atomic mass is 35.5. The first-order chi connectivity index (χ1) is 12.0. The first-order valence-electron chi connectivity index (χ1n) is 7.54. The van der Waals surface area contributed by atoms with E-state index in [-0.39, 0.29) is 33.7 Å². The highest BCUT2D eigenvalue weighted by molar-refractivity contribution is 7.13. The van der Waals surface area contributed by atoms with Crippen LogP contribution in [0.25, 0.3) is 0 Å². The molecule has 2 aliphatic rings. The van der Waals surface area contributed by atoms with E-state index in [1.54, 1.807) is 0 Å². The molecule has 0 bridgehead atoms. The number of aromatic nitrogens is 2. The third-order valence-corrected chi connectivity index (χ3v) is 5.18. The van der Waals surface area contributed by atoms with Crippen LogP contribution in [0.1, 0.15) is 24.4 Å². The van der Waals surface area contributed by atoms with Crippen molar-refractivity contribution in [3.63, 3.8) is 0 Å². The number of aliphatic hydroxyl groups excluding tert-OH is 1. The van der Waals surface area contributed by atoms with Crippen molar-refractivity contribution in [2.45, 2.75) is 18.9 Å². The summed E-state index contributed by atoms with van der Waals surface area (Å²) in [4.78, 5) is 26.5. The van der Waals surface area contributed by atoms with Gasteiger partial charge in [0, 0.05) is 16.5 Å². The number of Topliss-reactive ketones (excluding diaryl/α,β-unsaturated/α-hetero) is 1. The lowest BCUT2D eigenvalue weighted by Gasteiger charge is -2.24. The Morgan fingerprint density at radius 3 is 2.72 bits per heavy atom. The largest absolute Gasteiger partial charge is 0.508 e. The molecule has 1 unspecified atom stereocenters. The second kappa shape index (κ2) is 5.82. The van der Waals surface area contributed by atoms with E-state index in [4.69, 9.17) is 11.6 Å². The Labute approximate surface area is 151 Å². The molecule has 0 saturated heterocycles. The standard InChI is InChI=1S/C16H12ClN3O4S/c17-8-3-4-10(21)9(5-8)12-11(13(22)7-1-2-7)14(23)15(24)20(12)16-19-18-6-25-16/h3-7,12,21,23H,1-2H2. The SMILES string of the molecule is O=C(C1=C(O)C(=O)N(c2nncs2)C1c1cc(Cl)ccc1O)C1CC1. The smallest absolute Gasteiger partial charge is 0.296 e. The van der Waals surface area contributed by atoms with Crippen molar-refractivity contribution in [3.05, 3.63) is 45.6 Å². The Morgan fingerprint density at radius 2 is 2.08 bits per heavy atom. The number of amides is 1. The van der Waals surface area contributed by atoms with Crippen molar-refractivity contribution < 1.29 is 19.8 Å². The fourth-order valence-corrected chi connectivity index (χ4v) is 3.70. The molecular weight excluding hydrogens is 366 g/mol. The Bertz CT molecular complexity index is 908. The molecule has 2 N–H and O–H groups in total. The Morgan fingerprint density at radius 1 is 1.32 bits per heavy atom.